The molecule has 0 amide bonds. The van der Waals surface area contributed by atoms with Crippen LogP contribution in [-0.4, -0.2) is 18.4 Å². The molecule has 3 aromatic rings. The predicted molar refractivity (Wildman–Crippen MR) is 157 cm³/mol. The quantitative estimate of drug-likeness (QED) is 0.250. The fourth-order valence-electron chi connectivity index (χ4n) is 6.29. The molecule has 6 heteroatoms. The smallest absolute Gasteiger partial charge is 0.314 e. The lowest BCUT2D eigenvalue weighted by molar-refractivity contribution is -0.140. The Bertz CT molecular complexity index is 1420. The number of rotatable bonds is 6. The Morgan fingerprint density at radius 3 is 2.38 bits per heavy atom. The summed E-state index contributed by atoms with van der Waals surface area (Å²) >= 11 is 0. The van der Waals surface area contributed by atoms with Gasteiger partial charge in [-0.1, -0.05) is 67.8 Å². The number of nitrogens with one attached hydrogen (secondary N) is 2. The molecule has 1 heterocycles. The molecule has 2 N–H and O–H groups in total. The standard InChI is InChI=1S/C34H36N2O4/c1-2-39-31-21-24(17-18-30(31)40-34(38)23-13-7-4-8-14-23)33-32-28(35-26-15-9-10-16-27(26)36-33)19-25(20-29(32)37)22-11-5-3-6-12-22/h3,5-6,9-12,15-18,21,23,25,33,35-36H,2,4,7-8,13-14,19-20H2,1H3/t25-,33+/m0/s1. The number of hydrogen-bond donors (Lipinski definition) is 2. The third kappa shape index (κ3) is 5.35. The summed E-state index contributed by atoms with van der Waals surface area (Å²) in [6, 6.07) is 23.6. The minimum atomic E-state index is -0.377. The van der Waals surface area contributed by atoms with E-state index in [1.165, 1.54) is 12.0 Å². The van der Waals surface area contributed by atoms with E-state index in [0.717, 1.165) is 60.3 Å². The van der Waals surface area contributed by atoms with Gasteiger partial charge in [-0.3, -0.25) is 9.59 Å². The van der Waals surface area contributed by atoms with Crippen molar-refractivity contribution in [2.45, 2.75) is 63.8 Å². The number of ketones is 1. The van der Waals surface area contributed by atoms with Gasteiger partial charge < -0.3 is 20.1 Å². The second-order valence-electron chi connectivity index (χ2n) is 11.0. The average molecular weight is 537 g/mol. The van der Waals surface area contributed by atoms with Crippen LogP contribution in [0, 0.1) is 5.92 Å². The Balaban J connectivity index is 1.36. The van der Waals surface area contributed by atoms with Crippen molar-refractivity contribution in [2.75, 3.05) is 17.2 Å². The summed E-state index contributed by atoms with van der Waals surface area (Å²) in [5, 5.41) is 7.24. The molecule has 3 aliphatic rings. The van der Waals surface area contributed by atoms with Gasteiger partial charge in [0.25, 0.3) is 0 Å². The highest BCUT2D eigenvalue weighted by atomic mass is 16.6. The molecule has 0 spiro atoms. The van der Waals surface area contributed by atoms with Crippen molar-refractivity contribution in [3.63, 3.8) is 0 Å². The van der Waals surface area contributed by atoms with Crippen LogP contribution in [0.15, 0.2) is 84.1 Å². The van der Waals surface area contributed by atoms with Crippen molar-refractivity contribution in [3.8, 4) is 11.5 Å². The molecule has 0 aromatic heterocycles. The second-order valence-corrected chi connectivity index (χ2v) is 11.0. The molecule has 0 saturated heterocycles. The van der Waals surface area contributed by atoms with Crippen LogP contribution in [0.5, 0.6) is 11.5 Å². The SMILES string of the molecule is CCOc1cc([C@H]2Nc3ccccc3NC3=C2C(=O)C[C@@H](c2ccccc2)C3)ccc1OC(=O)C1CCCCC1. The van der Waals surface area contributed by atoms with Gasteiger partial charge in [0.15, 0.2) is 17.3 Å². The van der Waals surface area contributed by atoms with E-state index in [-0.39, 0.29) is 29.6 Å². The lowest BCUT2D eigenvalue weighted by Crippen LogP contribution is -2.27. The molecular weight excluding hydrogens is 500 g/mol. The molecule has 40 heavy (non-hydrogen) atoms. The highest BCUT2D eigenvalue weighted by molar-refractivity contribution is 6.01. The van der Waals surface area contributed by atoms with Crippen molar-refractivity contribution < 1.29 is 19.1 Å². The van der Waals surface area contributed by atoms with E-state index in [2.05, 4.69) is 22.8 Å². The summed E-state index contributed by atoms with van der Waals surface area (Å²) in [5.74, 6) is 0.952. The molecule has 0 radical (unpaired) electrons. The largest absolute Gasteiger partial charge is 0.490 e. The molecular formula is C34H36N2O4. The van der Waals surface area contributed by atoms with Crippen LogP contribution in [0.2, 0.25) is 0 Å². The van der Waals surface area contributed by atoms with Crippen LogP contribution in [0.3, 0.4) is 0 Å². The molecule has 6 rings (SSSR count). The number of benzene rings is 3. The summed E-state index contributed by atoms with van der Waals surface area (Å²) in [6.45, 7) is 2.35. The first-order valence-corrected chi connectivity index (χ1v) is 14.5. The zero-order valence-electron chi connectivity index (χ0n) is 23.0. The fourth-order valence-corrected chi connectivity index (χ4v) is 6.29. The number of ether oxygens (including phenoxy) is 2. The number of fused-ring (bicyclic) bond motifs is 1. The molecule has 0 unspecified atom stereocenters. The number of carbonyl (C=O) groups excluding carboxylic acids is 2. The van der Waals surface area contributed by atoms with Gasteiger partial charge in [0.2, 0.25) is 0 Å². The Labute approximate surface area is 235 Å². The summed E-state index contributed by atoms with van der Waals surface area (Å²) in [7, 11) is 0. The van der Waals surface area contributed by atoms with Gasteiger partial charge in [0, 0.05) is 17.7 Å². The fraction of sp³-hybridized carbons (Fsp3) is 0.353. The van der Waals surface area contributed by atoms with E-state index >= 15 is 0 Å². The molecule has 2 aliphatic carbocycles. The first kappa shape index (κ1) is 26.2. The molecule has 2 atom stereocenters. The molecule has 1 fully saturated rings. The lowest BCUT2D eigenvalue weighted by Gasteiger charge is -2.30. The number of allylic oxidation sites excluding steroid dienone is 1. The van der Waals surface area contributed by atoms with Crippen LogP contribution in [0.25, 0.3) is 0 Å². The molecule has 1 saturated carbocycles. The Morgan fingerprint density at radius 2 is 1.60 bits per heavy atom. The van der Waals surface area contributed by atoms with E-state index in [0.29, 0.717) is 24.5 Å². The van der Waals surface area contributed by atoms with Gasteiger partial charge in [-0.2, -0.15) is 0 Å². The van der Waals surface area contributed by atoms with Crippen LogP contribution < -0.4 is 20.1 Å². The van der Waals surface area contributed by atoms with Crippen molar-refractivity contribution in [1.29, 1.82) is 0 Å². The summed E-state index contributed by atoms with van der Waals surface area (Å²) < 4.78 is 11.8. The van der Waals surface area contributed by atoms with E-state index < -0.39 is 0 Å². The molecule has 6 nitrogen and oxygen atoms in total. The van der Waals surface area contributed by atoms with Gasteiger partial charge in [-0.05, 0) is 67.5 Å². The van der Waals surface area contributed by atoms with Crippen molar-refractivity contribution in [2.24, 2.45) is 5.92 Å². The zero-order chi connectivity index (χ0) is 27.5. The number of Topliss-reactive ketones (excluding diaryl/α,β-unsaturated/α-hetero) is 1. The summed E-state index contributed by atoms with van der Waals surface area (Å²) in [5.41, 5.74) is 5.63. The first-order chi connectivity index (χ1) is 19.6. The highest BCUT2D eigenvalue weighted by Crippen LogP contribution is 2.45. The normalized spacial score (nSPS) is 20.9. The number of para-hydroxylation sites is 2. The monoisotopic (exact) mass is 536 g/mol. The van der Waals surface area contributed by atoms with Crippen LogP contribution >= 0.6 is 0 Å². The van der Waals surface area contributed by atoms with Crippen molar-refractivity contribution in [1.82, 2.24) is 0 Å². The number of hydrogen-bond acceptors (Lipinski definition) is 6. The Kier molecular flexibility index (Phi) is 7.58. The van der Waals surface area contributed by atoms with Crippen molar-refractivity contribution >= 4 is 23.1 Å². The van der Waals surface area contributed by atoms with Gasteiger partial charge in [0.1, 0.15) is 0 Å². The minimum absolute atomic E-state index is 0.0564. The van der Waals surface area contributed by atoms with Crippen LogP contribution in [0.4, 0.5) is 11.4 Å². The molecule has 3 aromatic carbocycles. The Hall–Kier alpha value is -4.06. The summed E-state index contributed by atoms with van der Waals surface area (Å²) in [4.78, 5) is 26.8. The third-order valence-electron chi connectivity index (χ3n) is 8.33. The lowest BCUT2D eigenvalue weighted by atomic mass is 9.78. The zero-order valence-corrected chi connectivity index (χ0v) is 23.0. The molecule has 206 valence electrons. The molecule has 1 aliphatic heterocycles. The maximum absolute atomic E-state index is 13.9. The van der Waals surface area contributed by atoms with E-state index in [1.807, 2.05) is 67.6 Å². The first-order valence-electron chi connectivity index (χ1n) is 14.5. The van der Waals surface area contributed by atoms with Gasteiger partial charge in [-0.15, -0.1) is 0 Å². The minimum Gasteiger partial charge on any atom is -0.490 e. The third-order valence-corrected chi connectivity index (χ3v) is 8.33. The average Bonchev–Trinajstić information content (AvgIpc) is 3.16. The van der Waals surface area contributed by atoms with Crippen molar-refractivity contribution in [3.05, 3.63) is 95.2 Å². The molecule has 0 bridgehead atoms. The van der Waals surface area contributed by atoms with Crippen LogP contribution in [-0.2, 0) is 9.59 Å². The summed E-state index contributed by atoms with van der Waals surface area (Å²) in [6.07, 6.45) is 6.26. The van der Waals surface area contributed by atoms with Gasteiger partial charge in [0.05, 0.1) is 29.9 Å². The number of anilines is 2. The van der Waals surface area contributed by atoms with E-state index in [1.54, 1.807) is 0 Å². The Morgan fingerprint density at radius 1 is 0.850 bits per heavy atom. The maximum atomic E-state index is 13.9. The predicted octanol–water partition coefficient (Wildman–Crippen LogP) is 7.55. The highest BCUT2D eigenvalue weighted by Gasteiger charge is 2.36. The van der Waals surface area contributed by atoms with E-state index in [4.69, 9.17) is 9.47 Å². The second kappa shape index (κ2) is 11.6. The van der Waals surface area contributed by atoms with Gasteiger partial charge >= 0.3 is 5.97 Å². The van der Waals surface area contributed by atoms with Crippen LogP contribution in [0.1, 0.15) is 75.0 Å². The number of carbonyl (C=O) groups is 2. The van der Waals surface area contributed by atoms with Gasteiger partial charge in [-0.25, -0.2) is 0 Å². The van der Waals surface area contributed by atoms with E-state index in [9.17, 15) is 9.59 Å². The topological polar surface area (TPSA) is 76.7 Å². The maximum Gasteiger partial charge on any atom is 0.314 e. The number of esters is 1.